The molecule has 2 N–H and O–H groups in total. The van der Waals surface area contributed by atoms with E-state index in [-0.39, 0.29) is 5.95 Å². The van der Waals surface area contributed by atoms with Gasteiger partial charge in [-0.3, -0.25) is 0 Å². The summed E-state index contributed by atoms with van der Waals surface area (Å²) in [5.41, 5.74) is 4.15. The number of nitrogens with two attached hydrogens (primary N) is 1. The summed E-state index contributed by atoms with van der Waals surface area (Å²) in [4.78, 5) is 6.42. The predicted molar refractivity (Wildman–Crippen MR) is 35.2 cm³/mol. The highest BCUT2D eigenvalue weighted by molar-refractivity contribution is 6.73. The maximum absolute atomic E-state index is 11.9. The summed E-state index contributed by atoms with van der Waals surface area (Å²) in [5.74, 6) is -0.159. The molecule has 1 rings (SSSR count). The second-order valence-corrected chi connectivity index (χ2v) is 1.95. The minimum Gasteiger partial charge on any atom is -0.445 e. The smallest absolute Gasteiger partial charge is 0.445 e. The summed E-state index contributed by atoms with van der Waals surface area (Å²) in [6, 6.07) is 0. The summed E-state index contributed by atoms with van der Waals surface area (Å²) in [7, 11) is 0. The van der Waals surface area contributed by atoms with Crippen LogP contribution in [-0.4, -0.2) is 16.9 Å². The van der Waals surface area contributed by atoms with Crippen molar-refractivity contribution in [2.75, 3.05) is 5.73 Å². The topological polar surface area (TPSA) is 51.8 Å². The highest BCUT2D eigenvalue weighted by Gasteiger charge is 2.25. The van der Waals surface area contributed by atoms with Crippen LogP contribution >= 0.6 is 0 Å². The zero-order valence-electron chi connectivity index (χ0n) is 5.34. The highest BCUT2D eigenvalue weighted by Crippen LogP contribution is 2.06. The van der Waals surface area contributed by atoms with Crippen molar-refractivity contribution in [3.05, 3.63) is 12.4 Å². The molecular formula is C4H4BF3N3-. The first-order valence-corrected chi connectivity index (χ1v) is 2.77. The van der Waals surface area contributed by atoms with Gasteiger partial charge in [-0.25, -0.2) is 9.97 Å². The van der Waals surface area contributed by atoms with Crippen molar-refractivity contribution in [1.82, 2.24) is 9.97 Å². The summed E-state index contributed by atoms with van der Waals surface area (Å²) in [6.07, 6.45) is 1.34. The number of rotatable bonds is 1. The Bertz CT molecular complexity index is 244. The lowest BCUT2D eigenvalue weighted by atomic mass is 9.83. The Morgan fingerprint density at radius 1 is 1.18 bits per heavy atom. The van der Waals surface area contributed by atoms with E-state index in [0.29, 0.717) is 12.4 Å². The molecular weight excluding hydrogens is 158 g/mol. The lowest BCUT2D eigenvalue weighted by Crippen LogP contribution is -2.34. The Balaban J connectivity index is 2.99. The van der Waals surface area contributed by atoms with E-state index >= 15 is 0 Å². The Kier molecular flexibility index (Phi) is 1.72. The van der Waals surface area contributed by atoms with Gasteiger partial charge in [0.25, 0.3) is 0 Å². The zero-order chi connectivity index (χ0) is 8.48. The van der Waals surface area contributed by atoms with Gasteiger partial charge in [-0.1, -0.05) is 5.46 Å². The number of aromatic nitrogens is 2. The van der Waals surface area contributed by atoms with Crippen molar-refractivity contribution in [3.63, 3.8) is 0 Å². The molecule has 1 aromatic rings. The summed E-state index contributed by atoms with van der Waals surface area (Å²) < 4.78 is 35.6. The first kappa shape index (κ1) is 7.84. The maximum Gasteiger partial charge on any atom is 0.512 e. The number of nitrogen functional groups attached to an aromatic ring is 1. The lowest BCUT2D eigenvalue weighted by Gasteiger charge is -2.12. The van der Waals surface area contributed by atoms with E-state index in [1.807, 2.05) is 0 Å². The van der Waals surface area contributed by atoms with E-state index in [0.717, 1.165) is 0 Å². The molecule has 0 aliphatic heterocycles. The Morgan fingerprint density at radius 3 is 2.00 bits per heavy atom. The number of nitrogens with zero attached hydrogens (tertiary/aromatic N) is 2. The van der Waals surface area contributed by atoms with Crippen LogP contribution in [-0.2, 0) is 0 Å². The molecule has 1 heterocycles. The van der Waals surface area contributed by atoms with Crippen LogP contribution in [0.1, 0.15) is 0 Å². The summed E-state index contributed by atoms with van der Waals surface area (Å²) >= 11 is 0. The number of anilines is 1. The molecule has 0 unspecified atom stereocenters. The van der Waals surface area contributed by atoms with Gasteiger partial charge < -0.3 is 18.7 Å². The fraction of sp³-hybridized carbons (Fsp3) is 0. The number of hydrogen-bond acceptors (Lipinski definition) is 3. The quantitative estimate of drug-likeness (QED) is 0.596. The van der Waals surface area contributed by atoms with E-state index in [4.69, 9.17) is 5.73 Å². The molecule has 7 heteroatoms. The van der Waals surface area contributed by atoms with E-state index in [1.54, 1.807) is 0 Å². The SMILES string of the molecule is Nc1ncc([B-](F)(F)F)cn1. The average Bonchev–Trinajstić information content (AvgIpc) is 1.86. The average molecular weight is 162 g/mol. The van der Waals surface area contributed by atoms with Gasteiger partial charge >= 0.3 is 6.98 Å². The molecule has 60 valence electrons. The van der Waals surface area contributed by atoms with Crippen LogP contribution < -0.4 is 11.2 Å². The van der Waals surface area contributed by atoms with Crippen molar-refractivity contribution < 1.29 is 12.9 Å². The molecule has 0 aliphatic rings. The number of halogens is 3. The molecule has 0 aliphatic carbocycles. The third-order valence-electron chi connectivity index (χ3n) is 1.07. The van der Waals surface area contributed by atoms with E-state index < -0.39 is 12.4 Å². The summed E-state index contributed by atoms with van der Waals surface area (Å²) in [6.45, 7) is -5.00. The van der Waals surface area contributed by atoms with E-state index in [9.17, 15) is 12.9 Å². The van der Waals surface area contributed by atoms with Crippen molar-refractivity contribution in [3.8, 4) is 0 Å². The second kappa shape index (κ2) is 2.41. The van der Waals surface area contributed by atoms with Gasteiger partial charge in [0.2, 0.25) is 5.95 Å². The van der Waals surface area contributed by atoms with Crippen LogP contribution in [0.3, 0.4) is 0 Å². The number of hydrogen-bond donors (Lipinski definition) is 1. The second-order valence-electron chi connectivity index (χ2n) is 1.95. The molecule has 0 fully saturated rings. The minimum atomic E-state index is -5.00. The van der Waals surface area contributed by atoms with Crippen LogP contribution in [0, 0.1) is 0 Å². The minimum absolute atomic E-state index is 0.159. The van der Waals surface area contributed by atoms with Gasteiger partial charge in [-0.15, -0.1) is 0 Å². The largest absolute Gasteiger partial charge is 0.512 e. The van der Waals surface area contributed by atoms with Crippen LogP contribution in [0.4, 0.5) is 18.9 Å². The fourth-order valence-corrected chi connectivity index (χ4v) is 0.517. The molecule has 3 nitrogen and oxygen atoms in total. The van der Waals surface area contributed by atoms with Crippen LogP contribution in [0.25, 0.3) is 0 Å². The Morgan fingerprint density at radius 2 is 1.64 bits per heavy atom. The van der Waals surface area contributed by atoms with Gasteiger partial charge in [0.15, 0.2) is 0 Å². The van der Waals surface area contributed by atoms with Crippen molar-refractivity contribution in [1.29, 1.82) is 0 Å². The highest BCUT2D eigenvalue weighted by atomic mass is 19.4. The summed E-state index contributed by atoms with van der Waals surface area (Å²) in [5, 5.41) is 0. The van der Waals surface area contributed by atoms with Crippen LogP contribution in [0.5, 0.6) is 0 Å². The zero-order valence-corrected chi connectivity index (χ0v) is 5.34. The van der Waals surface area contributed by atoms with E-state index in [1.165, 1.54) is 0 Å². The predicted octanol–water partition coefficient (Wildman–Crippen LogP) is 0.113. The van der Waals surface area contributed by atoms with Gasteiger partial charge in [0, 0.05) is 12.4 Å². The molecule has 1 aromatic heterocycles. The van der Waals surface area contributed by atoms with Gasteiger partial charge in [-0.05, 0) is 0 Å². The monoisotopic (exact) mass is 162 g/mol. The van der Waals surface area contributed by atoms with Crippen molar-refractivity contribution in [2.24, 2.45) is 0 Å². The standard InChI is InChI=1S/C4H4BF3N3/c6-5(7,8)3-1-10-4(9)11-2-3/h1-2H,(H2,9,10,11)/q-1. The van der Waals surface area contributed by atoms with Crippen molar-refractivity contribution >= 4 is 18.4 Å². The molecule has 0 spiro atoms. The van der Waals surface area contributed by atoms with Crippen molar-refractivity contribution in [2.45, 2.75) is 0 Å². The molecule has 11 heavy (non-hydrogen) atoms. The fourth-order valence-electron chi connectivity index (χ4n) is 0.517. The molecule has 0 aromatic carbocycles. The molecule has 0 bridgehead atoms. The molecule has 0 amide bonds. The molecule has 0 atom stereocenters. The van der Waals surface area contributed by atoms with Crippen LogP contribution in [0.2, 0.25) is 0 Å². The molecule has 0 saturated carbocycles. The van der Waals surface area contributed by atoms with E-state index in [2.05, 4.69) is 9.97 Å². The Labute approximate surface area is 60.5 Å². The molecule has 0 radical (unpaired) electrons. The maximum atomic E-state index is 11.9. The van der Waals surface area contributed by atoms with Gasteiger partial charge in [0.1, 0.15) is 0 Å². The Hall–Kier alpha value is -1.27. The van der Waals surface area contributed by atoms with Crippen LogP contribution in [0.15, 0.2) is 12.4 Å². The lowest BCUT2D eigenvalue weighted by molar-refractivity contribution is 0.500. The molecule has 0 saturated heterocycles. The normalized spacial score (nSPS) is 11.5. The third kappa shape index (κ3) is 1.82. The third-order valence-corrected chi connectivity index (χ3v) is 1.07. The first-order valence-electron chi connectivity index (χ1n) is 2.77. The first-order chi connectivity index (χ1) is 5.00. The van der Waals surface area contributed by atoms with Gasteiger partial charge in [0.05, 0.1) is 0 Å². The van der Waals surface area contributed by atoms with Gasteiger partial charge in [-0.2, -0.15) is 0 Å².